The molecule has 0 spiro atoms. The third-order valence-corrected chi connectivity index (χ3v) is 4.71. The van der Waals surface area contributed by atoms with Crippen LogP contribution in [0.1, 0.15) is 30.0 Å². The van der Waals surface area contributed by atoms with Crippen molar-refractivity contribution < 1.29 is 0 Å². The predicted molar refractivity (Wildman–Crippen MR) is 88.8 cm³/mol. The second-order valence-corrected chi connectivity index (χ2v) is 6.43. The molecule has 0 unspecified atom stereocenters. The molecule has 0 saturated heterocycles. The Balaban J connectivity index is 1.53. The van der Waals surface area contributed by atoms with E-state index in [1.165, 1.54) is 18.4 Å². The lowest BCUT2D eigenvalue weighted by molar-refractivity contribution is 0.700. The van der Waals surface area contributed by atoms with Gasteiger partial charge in [0.25, 0.3) is 0 Å². The smallest absolute Gasteiger partial charge is 0.139 e. The quantitative estimate of drug-likeness (QED) is 0.541. The summed E-state index contributed by atoms with van der Waals surface area (Å²) in [7, 11) is 0. The van der Waals surface area contributed by atoms with E-state index in [2.05, 4.69) is 39.0 Å². The Morgan fingerprint density at radius 2 is 2.09 bits per heavy atom. The van der Waals surface area contributed by atoms with Crippen LogP contribution in [0, 0.1) is 0 Å². The van der Waals surface area contributed by atoms with Crippen molar-refractivity contribution in [1.29, 1.82) is 0 Å². The van der Waals surface area contributed by atoms with E-state index in [9.17, 15) is 0 Å². The number of rotatable bonds is 3. The van der Waals surface area contributed by atoms with Gasteiger partial charge >= 0.3 is 0 Å². The number of fused-ring (bicyclic) bond motifs is 2. The largest absolute Gasteiger partial charge is 0.306 e. The first-order valence-electron chi connectivity index (χ1n) is 7.71. The highest BCUT2D eigenvalue weighted by molar-refractivity contribution is 6.34. The van der Waals surface area contributed by atoms with Gasteiger partial charge in [0.05, 0.1) is 29.3 Å². The average molecular weight is 324 g/mol. The number of aromatic nitrogens is 5. The molecule has 4 heterocycles. The van der Waals surface area contributed by atoms with E-state index >= 15 is 0 Å². The summed E-state index contributed by atoms with van der Waals surface area (Å²) in [5.74, 6) is 0.745. The molecule has 4 aromatic rings. The van der Waals surface area contributed by atoms with Crippen LogP contribution in [0.4, 0.5) is 0 Å². The lowest BCUT2D eigenvalue weighted by atomic mass is 10.2. The van der Waals surface area contributed by atoms with Crippen LogP contribution in [-0.2, 0) is 6.54 Å². The highest BCUT2D eigenvalue weighted by Crippen LogP contribution is 2.39. The van der Waals surface area contributed by atoms with Gasteiger partial charge in [-0.15, -0.1) is 0 Å². The van der Waals surface area contributed by atoms with E-state index in [0.717, 1.165) is 28.2 Å². The number of hydrogen-bond donors (Lipinski definition) is 0. The van der Waals surface area contributed by atoms with Gasteiger partial charge in [-0.1, -0.05) is 17.7 Å². The maximum absolute atomic E-state index is 6.11. The second kappa shape index (κ2) is 4.80. The van der Waals surface area contributed by atoms with E-state index < -0.39 is 0 Å². The van der Waals surface area contributed by atoms with Crippen LogP contribution in [0.2, 0.25) is 5.15 Å². The fourth-order valence-corrected chi connectivity index (χ4v) is 3.25. The van der Waals surface area contributed by atoms with Crippen molar-refractivity contribution in [2.24, 2.45) is 0 Å². The number of nitrogens with zero attached hydrogens (tertiary/aromatic N) is 5. The van der Waals surface area contributed by atoms with Crippen molar-refractivity contribution in [1.82, 2.24) is 24.1 Å². The van der Waals surface area contributed by atoms with Crippen molar-refractivity contribution in [3.05, 3.63) is 59.4 Å². The van der Waals surface area contributed by atoms with Gasteiger partial charge in [-0.3, -0.25) is 4.68 Å². The van der Waals surface area contributed by atoms with Crippen molar-refractivity contribution in [2.75, 3.05) is 0 Å². The zero-order chi connectivity index (χ0) is 15.4. The minimum Gasteiger partial charge on any atom is -0.306 e. The number of hydrogen-bond acceptors (Lipinski definition) is 3. The zero-order valence-corrected chi connectivity index (χ0v) is 13.1. The Morgan fingerprint density at radius 3 is 2.96 bits per heavy atom. The molecule has 0 atom stereocenters. The monoisotopic (exact) mass is 323 g/mol. The standard InChI is InChI=1S/C17H14ClN5/c18-17-14-7-20-23(15(14)5-6-19-17)10-13-9-22-8-12(11-1-2-11)3-4-16(22)21-13/h3-9,11H,1-2,10H2. The molecule has 1 aliphatic rings. The molecule has 1 saturated carbocycles. The molecule has 0 amide bonds. The van der Waals surface area contributed by atoms with Gasteiger partial charge in [0, 0.05) is 18.6 Å². The van der Waals surface area contributed by atoms with Crippen molar-refractivity contribution in [2.45, 2.75) is 25.3 Å². The van der Waals surface area contributed by atoms with Crippen molar-refractivity contribution >= 4 is 28.2 Å². The van der Waals surface area contributed by atoms with Gasteiger partial charge in [0.15, 0.2) is 0 Å². The molecule has 0 aromatic carbocycles. The first kappa shape index (κ1) is 13.1. The van der Waals surface area contributed by atoms with Crippen LogP contribution in [-0.4, -0.2) is 24.1 Å². The normalized spacial score (nSPS) is 14.8. The minimum absolute atomic E-state index is 0.484. The Kier molecular flexibility index (Phi) is 2.73. The van der Waals surface area contributed by atoms with Crippen molar-refractivity contribution in [3.63, 3.8) is 0 Å². The molecule has 5 rings (SSSR count). The highest BCUT2D eigenvalue weighted by Gasteiger charge is 2.23. The Labute approximate surface area is 137 Å². The van der Waals surface area contributed by atoms with Gasteiger partial charge in [-0.25, -0.2) is 9.97 Å². The molecule has 6 heteroatoms. The van der Waals surface area contributed by atoms with E-state index in [1.807, 2.05) is 10.7 Å². The SMILES string of the molecule is Clc1nccc2c1cnn2Cc1cn2cc(C3CC3)ccc2n1. The molecule has 1 fully saturated rings. The Morgan fingerprint density at radius 1 is 1.17 bits per heavy atom. The molecule has 0 aliphatic heterocycles. The Bertz CT molecular complexity index is 1030. The van der Waals surface area contributed by atoms with Crippen LogP contribution in [0.25, 0.3) is 16.6 Å². The molecule has 23 heavy (non-hydrogen) atoms. The molecule has 5 nitrogen and oxygen atoms in total. The average Bonchev–Trinajstić information content (AvgIpc) is 3.20. The first-order valence-corrected chi connectivity index (χ1v) is 8.09. The second-order valence-electron chi connectivity index (χ2n) is 6.07. The van der Waals surface area contributed by atoms with E-state index in [4.69, 9.17) is 16.6 Å². The fraction of sp³-hybridized carbons (Fsp3) is 0.235. The predicted octanol–water partition coefficient (Wildman–Crippen LogP) is 3.66. The van der Waals surface area contributed by atoms with Crippen molar-refractivity contribution in [3.8, 4) is 0 Å². The minimum atomic E-state index is 0.484. The molecule has 114 valence electrons. The van der Waals surface area contributed by atoms with Gasteiger partial charge in [-0.05, 0) is 36.5 Å². The van der Waals surface area contributed by atoms with Crippen LogP contribution in [0.5, 0.6) is 0 Å². The molecule has 0 N–H and O–H groups in total. The number of imidazole rings is 1. The third kappa shape index (κ3) is 2.19. The van der Waals surface area contributed by atoms with E-state index in [0.29, 0.717) is 11.7 Å². The molecule has 4 aromatic heterocycles. The summed E-state index contributed by atoms with van der Waals surface area (Å²) in [5.41, 5.74) is 4.33. The van der Waals surface area contributed by atoms with Gasteiger partial charge in [-0.2, -0.15) is 5.10 Å². The van der Waals surface area contributed by atoms with E-state index in [-0.39, 0.29) is 0 Å². The van der Waals surface area contributed by atoms with Crippen LogP contribution in [0.3, 0.4) is 0 Å². The van der Waals surface area contributed by atoms with Gasteiger partial charge in [0.2, 0.25) is 0 Å². The lowest BCUT2D eigenvalue weighted by Gasteiger charge is -2.00. The maximum Gasteiger partial charge on any atom is 0.139 e. The summed E-state index contributed by atoms with van der Waals surface area (Å²) in [6, 6.07) is 6.22. The number of halogens is 1. The lowest BCUT2D eigenvalue weighted by Crippen LogP contribution is -2.01. The summed E-state index contributed by atoms with van der Waals surface area (Å²) in [6.07, 6.45) is 10.4. The fourth-order valence-electron chi connectivity index (χ4n) is 3.05. The summed E-state index contributed by atoms with van der Waals surface area (Å²) in [6.45, 7) is 0.615. The van der Waals surface area contributed by atoms with Gasteiger partial charge in [0.1, 0.15) is 10.8 Å². The highest BCUT2D eigenvalue weighted by atomic mass is 35.5. The van der Waals surface area contributed by atoms with E-state index in [1.54, 1.807) is 12.4 Å². The summed E-state index contributed by atoms with van der Waals surface area (Å²) < 4.78 is 4.02. The molecular weight excluding hydrogens is 310 g/mol. The topological polar surface area (TPSA) is 48.0 Å². The molecule has 0 bridgehead atoms. The summed E-state index contributed by atoms with van der Waals surface area (Å²) in [5, 5.41) is 5.77. The van der Waals surface area contributed by atoms with Gasteiger partial charge < -0.3 is 4.40 Å². The van der Waals surface area contributed by atoms with Crippen LogP contribution >= 0.6 is 11.6 Å². The summed E-state index contributed by atoms with van der Waals surface area (Å²) in [4.78, 5) is 8.78. The number of pyridine rings is 2. The third-order valence-electron chi connectivity index (χ3n) is 4.41. The zero-order valence-electron chi connectivity index (χ0n) is 12.4. The first-order chi connectivity index (χ1) is 11.3. The van der Waals surface area contributed by atoms with Crippen LogP contribution < -0.4 is 0 Å². The maximum atomic E-state index is 6.11. The summed E-state index contributed by atoms with van der Waals surface area (Å²) >= 11 is 6.11. The molecule has 1 aliphatic carbocycles. The molecular formula is C17H14ClN5. The molecule has 0 radical (unpaired) electrons. The Hall–Kier alpha value is -2.40. The van der Waals surface area contributed by atoms with Crippen LogP contribution in [0.15, 0.2) is 43.0 Å².